The smallest absolute Gasteiger partial charge is 0.167 e. The Morgan fingerprint density at radius 2 is 2.17 bits per heavy atom. The van der Waals surface area contributed by atoms with E-state index in [0.717, 1.165) is 11.3 Å². The molecule has 0 fully saturated rings. The number of hydrogen-bond acceptors (Lipinski definition) is 2. The van der Waals surface area contributed by atoms with Gasteiger partial charge in [-0.1, -0.05) is 30.5 Å². The molecule has 0 bridgehead atoms. The van der Waals surface area contributed by atoms with Gasteiger partial charge in [0.05, 0.1) is 0 Å². The van der Waals surface area contributed by atoms with E-state index in [1.54, 1.807) is 0 Å². The number of benzene rings is 1. The first-order valence-electron chi connectivity index (χ1n) is 3.75. The minimum atomic E-state index is -0.196. The molecule has 2 nitrogen and oxygen atoms in total. The zero-order valence-electron chi connectivity index (χ0n) is 6.58. The van der Waals surface area contributed by atoms with Gasteiger partial charge in [-0.2, -0.15) is 0 Å². The number of para-hydroxylation sites is 1. The average Bonchev–Trinajstić information content (AvgIpc) is 2.44. The lowest BCUT2D eigenvalue weighted by Gasteiger charge is -1.98. The van der Waals surface area contributed by atoms with Gasteiger partial charge in [0, 0.05) is 5.56 Å². The van der Waals surface area contributed by atoms with Crippen LogP contribution in [0.25, 0.3) is 0 Å². The molecule has 0 radical (unpaired) electrons. The third-order valence-electron chi connectivity index (χ3n) is 1.93. The minimum absolute atomic E-state index is 0.196. The van der Waals surface area contributed by atoms with Crippen molar-refractivity contribution in [2.75, 3.05) is 0 Å². The van der Waals surface area contributed by atoms with Gasteiger partial charge in [-0.05, 0) is 6.07 Å². The number of fused-ring (bicyclic) bond motifs is 1. The summed E-state index contributed by atoms with van der Waals surface area (Å²) in [4.78, 5) is 0. The molecule has 1 aliphatic heterocycles. The van der Waals surface area contributed by atoms with Crippen molar-refractivity contribution in [3.05, 3.63) is 47.9 Å². The van der Waals surface area contributed by atoms with Crippen molar-refractivity contribution in [2.24, 2.45) is 5.73 Å². The van der Waals surface area contributed by atoms with Gasteiger partial charge in [-0.15, -0.1) is 0 Å². The monoisotopic (exact) mass is 159 g/mol. The van der Waals surface area contributed by atoms with Crippen molar-refractivity contribution < 1.29 is 4.74 Å². The molecule has 1 aromatic rings. The number of hydrogen-bond donors (Lipinski definition) is 1. The second kappa shape index (κ2) is 2.52. The number of rotatable bonds is 0. The third kappa shape index (κ3) is 0.866. The van der Waals surface area contributed by atoms with Crippen LogP contribution in [-0.4, -0.2) is 0 Å². The molecule has 1 aliphatic rings. The number of nitrogens with two attached hydrogens (primary N) is 1. The van der Waals surface area contributed by atoms with Gasteiger partial charge in [0.1, 0.15) is 11.8 Å². The predicted molar refractivity (Wildman–Crippen MR) is 46.7 cm³/mol. The van der Waals surface area contributed by atoms with Crippen molar-refractivity contribution in [3.8, 4) is 5.75 Å². The van der Waals surface area contributed by atoms with Crippen LogP contribution in [0.3, 0.4) is 0 Å². The first-order valence-corrected chi connectivity index (χ1v) is 3.75. The van der Waals surface area contributed by atoms with Gasteiger partial charge in [0.15, 0.2) is 5.76 Å². The molecule has 0 spiro atoms. The largest absolute Gasteiger partial charge is 0.451 e. The summed E-state index contributed by atoms with van der Waals surface area (Å²) in [5.74, 6) is 1.42. The summed E-state index contributed by atoms with van der Waals surface area (Å²) in [6, 6.07) is 7.49. The second-order valence-electron chi connectivity index (χ2n) is 2.66. The van der Waals surface area contributed by atoms with Crippen LogP contribution in [0, 0.1) is 0 Å². The molecule has 1 atom stereocenters. The first kappa shape index (κ1) is 7.17. The summed E-state index contributed by atoms with van der Waals surface area (Å²) in [6.07, 6.45) is 0. The summed E-state index contributed by atoms with van der Waals surface area (Å²) >= 11 is 0. The summed E-state index contributed by atoms with van der Waals surface area (Å²) in [7, 11) is 0. The quantitative estimate of drug-likeness (QED) is 0.585. The van der Waals surface area contributed by atoms with Crippen molar-refractivity contribution in [1.82, 2.24) is 0 Å². The van der Waals surface area contributed by atoms with Gasteiger partial charge in [0.25, 0.3) is 0 Å². The molecule has 12 heavy (non-hydrogen) atoms. The minimum Gasteiger partial charge on any atom is -0.451 e. The Kier molecular flexibility index (Phi) is 1.51. The van der Waals surface area contributed by atoms with E-state index in [9.17, 15) is 0 Å². The van der Waals surface area contributed by atoms with E-state index in [-0.39, 0.29) is 6.04 Å². The topological polar surface area (TPSA) is 35.2 Å². The molecule has 2 N–H and O–H groups in total. The molecule has 1 aromatic carbocycles. The van der Waals surface area contributed by atoms with Crippen molar-refractivity contribution >= 4 is 0 Å². The normalized spacial score (nSPS) is 19.8. The van der Waals surface area contributed by atoms with Crippen LogP contribution in [0.15, 0.2) is 42.3 Å². The molecule has 2 heteroatoms. The van der Waals surface area contributed by atoms with E-state index in [1.807, 2.05) is 24.3 Å². The van der Waals surface area contributed by atoms with Crippen LogP contribution in [0.4, 0.5) is 0 Å². The Morgan fingerprint density at radius 1 is 1.42 bits per heavy atom. The zero-order valence-corrected chi connectivity index (χ0v) is 6.58. The third-order valence-corrected chi connectivity index (χ3v) is 1.93. The molecular formula is C10H9NO. The van der Waals surface area contributed by atoms with Crippen LogP contribution in [-0.2, 0) is 0 Å². The zero-order chi connectivity index (χ0) is 8.55. The van der Waals surface area contributed by atoms with E-state index in [1.165, 1.54) is 0 Å². The summed E-state index contributed by atoms with van der Waals surface area (Å²) in [5, 5.41) is 0. The van der Waals surface area contributed by atoms with Crippen LogP contribution in [0.5, 0.6) is 5.75 Å². The average molecular weight is 159 g/mol. The molecule has 0 saturated carbocycles. The fourth-order valence-electron chi connectivity index (χ4n) is 1.30. The second-order valence-corrected chi connectivity index (χ2v) is 2.66. The van der Waals surface area contributed by atoms with Gasteiger partial charge in [-0.3, -0.25) is 0 Å². The fourth-order valence-corrected chi connectivity index (χ4v) is 1.30. The highest BCUT2D eigenvalue weighted by molar-refractivity contribution is 5.44. The Balaban J connectivity index is 2.56. The maximum atomic E-state index is 5.84. The van der Waals surface area contributed by atoms with Crippen molar-refractivity contribution in [3.63, 3.8) is 0 Å². The van der Waals surface area contributed by atoms with Crippen molar-refractivity contribution in [1.29, 1.82) is 0 Å². The molecule has 0 amide bonds. The number of ether oxygens (including phenoxy) is 1. The summed E-state index contributed by atoms with van der Waals surface area (Å²) in [5.41, 5.74) is 9.52. The van der Waals surface area contributed by atoms with Crippen molar-refractivity contribution in [2.45, 2.75) is 6.04 Å². The van der Waals surface area contributed by atoms with E-state index < -0.39 is 0 Å². The Morgan fingerprint density at radius 3 is 2.83 bits per heavy atom. The Hall–Kier alpha value is -1.50. The Bertz CT molecular complexity index is 364. The van der Waals surface area contributed by atoms with Crippen LogP contribution >= 0.6 is 0 Å². The summed E-state index contributed by atoms with van der Waals surface area (Å²) < 4.78 is 5.39. The van der Waals surface area contributed by atoms with E-state index >= 15 is 0 Å². The van der Waals surface area contributed by atoms with E-state index in [0.29, 0.717) is 5.76 Å². The lowest BCUT2D eigenvalue weighted by molar-refractivity contribution is 0.431. The highest BCUT2D eigenvalue weighted by atomic mass is 16.5. The molecule has 60 valence electrons. The van der Waals surface area contributed by atoms with Crippen LogP contribution in [0.2, 0.25) is 0 Å². The Labute approximate surface area is 71.0 Å². The molecular weight excluding hydrogens is 150 g/mol. The van der Waals surface area contributed by atoms with E-state index in [2.05, 4.69) is 12.3 Å². The van der Waals surface area contributed by atoms with Gasteiger partial charge in [0.2, 0.25) is 0 Å². The van der Waals surface area contributed by atoms with Gasteiger partial charge < -0.3 is 10.5 Å². The maximum absolute atomic E-state index is 5.84. The first-order chi connectivity index (χ1) is 5.83. The molecule has 2 rings (SSSR count). The van der Waals surface area contributed by atoms with Gasteiger partial charge in [-0.25, -0.2) is 0 Å². The lowest BCUT2D eigenvalue weighted by Crippen LogP contribution is -2.08. The standard InChI is InChI=1S/C10H9NO/c1-2-8-10(11)7-5-3-4-6-9(7)12-8/h3-6,10H,1,11H2. The molecule has 0 aromatic heterocycles. The summed E-state index contributed by atoms with van der Waals surface area (Å²) in [6.45, 7) is 3.51. The molecule has 1 heterocycles. The lowest BCUT2D eigenvalue weighted by atomic mass is 10.1. The highest BCUT2D eigenvalue weighted by Crippen LogP contribution is 2.36. The predicted octanol–water partition coefficient (Wildman–Crippen LogP) is 1.75. The fraction of sp³-hybridized carbons (Fsp3) is 0.100. The van der Waals surface area contributed by atoms with Crippen LogP contribution in [0.1, 0.15) is 11.6 Å². The molecule has 0 saturated heterocycles. The SMILES string of the molecule is C=C=C1Oc2ccccc2C1N. The van der Waals surface area contributed by atoms with Crippen LogP contribution < -0.4 is 10.5 Å². The molecule has 0 aliphatic carbocycles. The molecule has 1 unspecified atom stereocenters. The highest BCUT2D eigenvalue weighted by Gasteiger charge is 2.24. The van der Waals surface area contributed by atoms with E-state index in [4.69, 9.17) is 10.5 Å². The maximum Gasteiger partial charge on any atom is 0.167 e. The van der Waals surface area contributed by atoms with Gasteiger partial charge >= 0.3 is 0 Å².